The lowest BCUT2D eigenvalue weighted by Gasteiger charge is -2.21. The highest BCUT2D eigenvalue weighted by atomic mass is 32.1. The summed E-state index contributed by atoms with van der Waals surface area (Å²) in [5.41, 5.74) is 1.38. The van der Waals surface area contributed by atoms with Crippen molar-refractivity contribution in [3.8, 4) is 0 Å². The maximum absolute atomic E-state index is 9.08. The molecule has 2 nitrogen and oxygen atoms in total. The van der Waals surface area contributed by atoms with Crippen LogP contribution < -0.4 is 5.32 Å². The van der Waals surface area contributed by atoms with Crippen LogP contribution >= 0.6 is 11.3 Å². The topological polar surface area (TPSA) is 32.3 Å². The molecule has 0 aromatic carbocycles. The lowest BCUT2D eigenvalue weighted by molar-refractivity contribution is 0.157. The van der Waals surface area contributed by atoms with Crippen molar-refractivity contribution in [3.05, 3.63) is 21.9 Å². The van der Waals surface area contributed by atoms with Crippen molar-refractivity contribution in [2.75, 3.05) is 19.7 Å². The Kier molecular flexibility index (Phi) is 4.77. The number of aliphatic hydroxyl groups excluding tert-OH is 1. The number of rotatable bonds is 6. The van der Waals surface area contributed by atoms with Gasteiger partial charge in [-0.15, -0.1) is 11.3 Å². The molecule has 0 amide bonds. The number of aliphatic hydroxyl groups is 1. The van der Waals surface area contributed by atoms with Crippen LogP contribution in [-0.2, 0) is 6.42 Å². The average Bonchev–Trinajstić information content (AvgIpc) is 2.59. The predicted molar refractivity (Wildman–Crippen MR) is 66.5 cm³/mol. The van der Waals surface area contributed by atoms with E-state index in [0.717, 1.165) is 19.5 Å². The van der Waals surface area contributed by atoms with Crippen LogP contribution in [0.5, 0.6) is 0 Å². The standard InChI is InChI=1S/C12H21NOS/c1-10-5-7-15-11(10)4-6-13-8-12(2,3)9-14/h5,7,13-14H,4,6,8-9H2,1-3H3. The zero-order chi connectivity index (χ0) is 11.3. The molecule has 1 heterocycles. The van der Waals surface area contributed by atoms with Crippen molar-refractivity contribution in [2.24, 2.45) is 5.41 Å². The largest absolute Gasteiger partial charge is 0.396 e. The summed E-state index contributed by atoms with van der Waals surface area (Å²) in [5.74, 6) is 0. The van der Waals surface area contributed by atoms with Gasteiger partial charge in [0.15, 0.2) is 0 Å². The third-order valence-corrected chi connectivity index (χ3v) is 3.61. The maximum Gasteiger partial charge on any atom is 0.0494 e. The van der Waals surface area contributed by atoms with Crippen LogP contribution in [0.2, 0.25) is 0 Å². The molecule has 1 aromatic rings. The fourth-order valence-corrected chi connectivity index (χ4v) is 2.26. The zero-order valence-corrected chi connectivity index (χ0v) is 10.7. The molecule has 0 radical (unpaired) electrons. The first-order chi connectivity index (χ1) is 7.05. The molecule has 15 heavy (non-hydrogen) atoms. The Morgan fingerprint density at radius 2 is 2.20 bits per heavy atom. The van der Waals surface area contributed by atoms with Crippen molar-refractivity contribution < 1.29 is 5.11 Å². The second-order valence-corrected chi connectivity index (χ2v) is 5.78. The molecule has 0 atom stereocenters. The second-order valence-electron chi connectivity index (χ2n) is 4.78. The molecule has 1 aromatic heterocycles. The molecule has 0 aliphatic carbocycles. The number of hydrogen-bond acceptors (Lipinski definition) is 3. The molecular weight excluding hydrogens is 206 g/mol. The average molecular weight is 227 g/mol. The lowest BCUT2D eigenvalue weighted by Crippen LogP contribution is -2.33. The van der Waals surface area contributed by atoms with Gasteiger partial charge >= 0.3 is 0 Å². The van der Waals surface area contributed by atoms with Crippen LogP contribution in [0.25, 0.3) is 0 Å². The smallest absolute Gasteiger partial charge is 0.0494 e. The third kappa shape index (κ3) is 4.33. The van der Waals surface area contributed by atoms with Crippen LogP contribution in [0.4, 0.5) is 0 Å². The highest BCUT2D eigenvalue weighted by Crippen LogP contribution is 2.16. The van der Waals surface area contributed by atoms with E-state index in [1.165, 1.54) is 10.4 Å². The summed E-state index contributed by atoms with van der Waals surface area (Å²) in [6.07, 6.45) is 1.09. The minimum atomic E-state index is -0.00943. The van der Waals surface area contributed by atoms with Gasteiger partial charge in [-0.1, -0.05) is 13.8 Å². The minimum absolute atomic E-state index is 0.00943. The van der Waals surface area contributed by atoms with Gasteiger partial charge in [-0.2, -0.15) is 0 Å². The van der Waals surface area contributed by atoms with Gasteiger partial charge < -0.3 is 10.4 Å². The summed E-state index contributed by atoms with van der Waals surface area (Å²) in [5, 5.41) is 14.6. The quantitative estimate of drug-likeness (QED) is 0.730. The Balaban J connectivity index is 2.20. The Morgan fingerprint density at radius 1 is 1.47 bits per heavy atom. The highest BCUT2D eigenvalue weighted by Gasteiger charge is 2.15. The number of hydrogen-bond donors (Lipinski definition) is 2. The van der Waals surface area contributed by atoms with E-state index in [4.69, 9.17) is 5.11 Å². The summed E-state index contributed by atoms with van der Waals surface area (Å²) in [4.78, 5) is 1.46. The van der Waals surface area contributed by atoms with Crippen molar-refractivity contribution in [3.63, 3.8) is 0 Å². The van der Waals surface area contributed by atoms with Crippen LogP contribution in [0.1, 0.15) is 24.3 Å². The molecule has 0 saturated carbocycles. The first-order valence-corrected chi connectivity index (χ1v) is 6.28. The van der Waals surface area contributed by atoms with Crippen molar-refractivity contribution >= 4 is 11.3 Å². The van der Waals surface area contributed by atoms with Gasteiger partial charge in [-0.05, 0) is 36.9 Å². The minimum Gasteiger partial charge on any atom is -0.396 e. The van der Waals surface area contributed by atoms with E-state index < -0.39 is 0 Å². The molecule has 1 rings (SSSR count). The first-order valence-electron chi connectivity index (χ1n) is 5.40. The predicted octanol–water partition coefficient (Wildman–Crippen LogP) is 2.21. The van der Waals surface area contributed by atoms with Crippen LogP contribution in [-0.4, -0.2) is 24.8 Å². The van der Waals surface area contributed by atoms with Gasteiger partial charge in [0.25, 0.3) is 0 Å². The summed E-state index contributed by atoms with van der Waals surface area (Å²) < 4.78 is 0. The molecule has 2 N–H and O–H groups in total. The molecule has 0 unspecified atom stereocenters. The summed E-state index contributed by atoms with van der Waals surface area (Å²) in [6.45, 7) is 8.38. The fraction of sp³-hybridized carbons (Fsp3) is 0.667. The van der Waals surface area contributed by atoms with E-state index in [0.29, 0.717) is 0 Å². The molecule has 0 aliphatic heterocycles. The molecule has 0 spiro atoms. The van der Waals surface area contributed by atoms with Gasteiger partial charge in [0.05, 0.1) is 0 Å². The van der Waals surface area contributed by atoms with Gasteiger partial charge in [-0.3, -0.25) is 0 Å². The van der Waals surface area contributed by atoms with E-state index >= 15 is 0 Å². The van der Waals surface area contributed by atoms with E-state index in [1.54, 1.807) is 0 Å². The van der Waals surface area contributed by atoms with E-state index in [9.17, 15) is 0 Å². The van der Waals surface area contributed by atoms with E-state index in [1.807, 2.05) is 11.3 Å². The molecule has 0 saturated heterocycles. The van der Waals surface area contributed by atoms with Gasteiger partial charge in [0, 0.05) is 23.4 Å². The SMILES string of the molecule is Cc1ccsc1CCNCC(C)(C)CO. The summed E-state index contributed by atoms with van der Waals surface area (Å²) >= 11 is 1.82. The highest BCUT2D eigenvalue weighted by molar-refractivity contribution is 7.10. The maximum atomic E-state index is 9.08. The zero-order valence-electron chi connectivity index (χ0n) is 9.84. The molecule has 86 valence electrons. The molecular formula is C12H21NOS. The van der Waals surface area contributed by atoms with Crippen molar-refractivity contribution in [2.45, 2.75) is 27.2 Å². The Labute approximate surface area is 96.3 Å². The monoisotopic (exact) mass is 227 g/mol. The second kappa shape index (κ2) is 5.64. The van der Waals surface area contributed by atoms with Gasteiger partial charge in [-0.25, -0.2) is 0 Å². The van der Waals surface area contributed by atoms with Gasteiger partial charge in [0.2, 0.25) is 0 Å². The lowest BCUT2D eigenvalue weighted by atomic mass is 9.95. The number of aryl methyl sites for hydroxylation is 1. The van der Waals surface area contributed by atoms with Crippen LogP contribution in [0.15, 0.2) is 11.4 Å². The van der Waals surface area contributed by atoms with Crippen LogP contribution in [0.3, 0.4) is 0 Å². The number of thiophene rings is 1. The summed E-state index contributed by atoms with van der Waals surface area (Å²) in [6, 6.07) is 2.16. The fourth-order valence-electron chi connectivity index (χ4n) is 1.34. The summed E-state index contributed by atoms with van der Waals surface area (Å²) in [7, 11) is 0. The Bertz CT molecular complexity index is 294. The Hall–Kier alpha value is -0.380. The number of nitrogens with one attached hydrogen (secondary N) is 1. The van der Waals surface area contributed by atoms with Crippen molar-refractivity contribution in [1.82, 2.24) is 5.32 Å². The van der Waals surface area contributed by atoms with E-state index in [2.05, 4.69) is 37.5 Å². The molecule has 3 heteroatoms. The third-order valence-electron chi connectivity index (χ3n) is 2.53. The van der Waals surface area contributed by atoms with Gasteiger partial charge in [0.1, 0.15) is 0 Å². The first kappa shape index (κ1) is 12.7. The molecule has 0 bridgehead atoms. The molecule has 0 fully saturated rings. The van der Waals surface area contributed by atoms with E-state index in [-0.39, 0.29) is 12.0 Å². The molecule has 0 aliphatic rings. The van der Waals surface area contributed by atoms with Crippen molar-refractivity contribution in [1.29, 1.82) is 0 Å². The normalized spacial score (nSPS) is 12.0. The van der Waals surface area contributed by atoms with Crippen LogP contribution in [0, 0.1) is 12.3 Å². The Morgan fingerprint density at radius 3 is 2.73 bits per heavy atom.